The van der Waals surface area contributed by atoms with E-state index in [1.165, 1.54) is 35.6 Å². The number of anilines is 1. The third-order valence-corrected chi connectivity index (χ3v) is 7.31. The van der Waals surface area contributed by atoms with Gasteiger partial charge in [0.1, 0.15) is 22.2 Å². The summed E-state index contributed by atoms with van der Waals surface area (Å²) in [5.41, 5.74) is 13.7. The number of nitrogens with two attached hydrogens (primary N) is 2. The van der Waals surface area contributed by atoms with E-state index in [9.17, 15) is 18.8 Å². The lowest BCUT2D eigenvalue weighted by molar-refractivity contribution is -0.119. The fourth-order valence-corrected chi connectivity index (χ4v) is 5.06. The maximum Gasteiger partial charge on any atom is 0.408 e. The monoisotopic (exact) mass is 651 g/mol. The van der Waals surface area contributed by atoms with E-state index >= 15 is 0 Å². The summed E-state index contributed by atoms with van der Waals surface area (Å²) in [7, 11) is 0. The molecule has 13 heteroatoms. The first-order valence-electron chi connectivity index (χ1n) is 14.9. The van der Waals surface area contributed by atoms with Crippen molar-refractivity contribution < 1.29 is 23.5 Å². The van der Waals surface area contributed by atoms with Gasteiger partial charge in [-0.2, -0.15) is 0 Å². The highest BCUT2D eigenvalue weighted by atomic mass is 32.1. The number of alkyl carbamates (subject to hydrolysis) is 1. The van der Waals surface area contributed by atoms with Crippen LogP contribution in [0.25, 0.3) is 0 Å². The lowest BCUT2D eigenvalue weighted by Crippen LogP contribution is -2.34. The molecule has 0 radical (unpaired) electrons. The largest absolute Gasteiger partial charge is 0.444 e. The van der Waals surface area contributed by atoms with E-state index in [4.69, 9.17) is 16.2 Å². The summed E-state index contributed by atoms with van der Waals surface area (Å²) < 4.78 is 19.7. The van der Waals surface area contributed by atoms with Crippen LogP contribution in [0.2, 0.25) is 0 Å². The number of aryl methyl sites for hydroxylation is 1. The van der Waals surface area contributed by atoms with Crippen LogP contribution in [0.4, 0.5) is 14.3 Å². The first kappa shape index (κ1) is 35.7. The Morgan fingerprint density at radius 2 is 1.70 bits per heavy atom. The number of nitrogens with zero attached hydrogens (tertiary/aromatic N) is 2. The zero-order valence-electron chi connectivity index (χ0n) is 26.6. The van der Waals surface area contributed by atoms with Crippen LogP contribution in [-0.4, -0.2) is 33.7 Å². The Balaban J connectivity index is 1.39. The molecule has 246 valence electrons. The Hall–Kier alpha value is -4.78. The maximum absolute atomic E-state index is 14.5. The van der Waals surface area contributed by atoms with Gasteiger partial charge in [-0.15, -0.1) is 10.2 Å². The van der Waals surface area contributed by atoms with Crippen molar-refractivity contribution in [3.63, 3.8) is 0 Å². The van der Waals surface area contributed by atoms with Crippen LogP contribution in [0.5, 0.6) is 0 Å². The summed E-state index contributed by atoms with van der Waals surface area (Å²) in [5, 5.41) is 17.5. The van der Waals surface area contributed by atoms with Gasteiger partial charge in [-0.25, -0.2) is 9.18 Å². The van der Waals surface area contributed by atoms with Gasteiger partial charge in [0.05, 0.1) is 18.9 Å². The average Bonchev–Trinajstić information content (AvgIpc) is 3.41. The van der Waals surface area contributed by atoms with E-state index < -0.39 is 29.5 Å². The van der Waals surface area contributed by atoms with Crippen LogP contribution in [0, 0.1) is 5.82 Å². The van der Waals surface area contributed by atoms with E-state index in [0.717, 1.165) is 23.4 Å². The van der Waals surface area contributed by atoms with Crippen molar-refractivity contribution in [3.8, 4) is 0 Å². The predicted molar refractivity (Wildman–Crippen MR) is 177 cm³/mol. The van der Waals surface area contributed by atoms with Crippen molar-refractivity contribution in [1.29, 1.82) is 0 Å². The number of allylic oxidation sites excluding steroid dienone is 3. The number of halogens is 1. The molecular weight excluding hydrogens is 609 g/mol. The second-order valence-corrected chi connectivity index (χ2v) is 12.8. The number of carbonyl (C=O) groups excluding carboxylic acids is 3. The molecule has 1 atom stereocenters. The lowest BCUT2D eigenvalue weighted by Gasteiger charge is -2.22. The fraction of sp³-hybridized carbons (Fsp3) is 0.364. The number of amides is 3. The third kappa shape index (κ3) is 13.1. The highest BCUT2D eigenvalue weighted by Crippen LogP contribution is 2.21. The topological polar surface area (TPSA) is 174 Å². The molecule has 3 rings (SSSR count). The summed E-state index contributed by atoms with van der Waals surface area (Å²) >= 11 is 1.35. The molecule has 0 aliphatic heterocycles. The van der Waals surface area contributed by atoms with Crippen molar-refractivity contribution in [2.45, 2.75) is 77.9 Å². The molecule has 1 heterocycles. The minimum atomic E-state index is -0.689. The number of hydrogen-bond donors (Lipinski definition) is 5. The minimum Gasteiger partial charge on any atom is -0.444 e. The first-order chi connectivity index (χ1) is 21.8. The molecule has 0 spiro atoms. The molecule has 3 amide bonds. The van der Waals surface area contributed by atoms with Gasteiger partial charge in [-0.1, -0.05) is 53.8 Å². The SMILES string of the molecule is CC(NC(=O)OC(C)(C)C)c1cc(CC(=O)N/C(N)=C/C=C(\N)CCCCc2nnc(NC(=O)Cc3ccccc3)s2)ccc1F. The van der Waals surface area contributed by atoms with Crippen LogP contribution in [0.15, 0.2) is 72.2 Å². The van der Waals surface area contributed by atoms with Gasteiger partial charge >= 0.3 is 6.09 Å². The molecule has 1 aromatic heterocycles. The summed E-state index contributed by atoms with van der Waals surface area (Å²) in [4.78, 5) is 36.9. The molecule has 0 bridgehead atoms. The second kappa shape index (κ2) is 17.1. The van der Waals surface area contributed by atoms with E-state index in [1.807, 2.05) is 30.3 Å². The molecule has 7 N–H and O–H groups in total. The molecule has 0 saturated carbocycles. The zero-order chi connectivity index (χ0) is 33.7. The Labute approximate surface area is 272 Å². The van der Waals surface area contributed by atoms with Gasteiger partial charge in [-0.3, -0.25) is 9.59 Å². The molecule has 3 aromatic rings. The second-order valence-electron chi connectivity index (χ2n) is 11.7. The summed E-state index contributed by atoms with van der Waals surface area (Å²) in [5.74, 6) is -0.923. The van der Waals surface area contributed by atoms with Crippen molar-refractivity contribution in [3.05, 3.63) is 99.7 Å². The van der Waals surface area contributed by atoms with Gasteiger partial charge in [0.25, 0.3) is 0 Å². The van der Waals surface area contributed by atoms with Gasteiger partial charge in [-0.05, 0) is 76.3 Å². The van der Waals surface area contributed by atoms with Gasteiger partial charge < -0.3 is 32.2 Å². The Kier molecular flexibility index (Phi) is 13.2. The molecule has 46 heavy (non-hydrogen) atoms. The van der Waals surface area contributed by atoms with E-state index in [0.29, 0.717) is 29.2 Å². The average molecular weight is 652 g/mol. The van der Waals surface area contributed by atoms with Crippen molar-refractivity contribution in [2.24, 2.45) is 11.5 Å². The smallest absolute Gasteiger partial charge is 0.408 e. The van der Waals surface area contributed by atoms with Gasteiger partial charge in [0, 0.05) is 17.7 Å². The summed E-state index contributed by atoms with van der Waals surface area (Å²) in [6, 6.07) is 13.1. The van der Waals surface area contributed by atoms with Crippen LogP contribution >= 0.6 is 11.3 Å². The Morgan fingerprint density at radius 3 is 2.41 bits per heavy atom. The van der Waals surface area contributed by atoms with E-state index in [1.54, 1.807) is 33.8 Å². The number of nitrogens with one attached hydrogen (secondary N) is 3. The zero-order valence-corrected chi connectivity index (χ0v) is 27.4. The fourth-order valence-electron chi connectivity index (χ4n) is 4.26. The molecular formula is C33H42FN7O4S. The normalized spacial score (nSPS) is 12.7. The number of benzene rings is 2. The molecule has 1 unspecified atom stereocenters. The Bertz CT molecular complexity index is 1550. The van der Waals surface area contributed by atoms with Crippen molar-refractivity contribution in [2.75, 3.05) is 5.32 Å². The predicted octanol–water partition coefficient (Wildman–Crippen LogP) is 5.16. The van der Waals surface area contributed by atoms with E-state index in [-0.39, 0.29) is 30.1 Å². The number of carbonyl (C=O) groups is 3. The van der Waals surface area contributed by atoms with Crippen LogP contribution in [0.1, 0.15) is 74.7 Å². The summed E-state index contributed by atoms with van der Waals surface area (Å²) in [6.07, 6.45) is 5.65. The van der Waals surface area contributed by atoms with Crippen LogP contribution in [-0.2, 0) is 33.6 Å². The number of rotatable bonds is 14. The highest BCUT2D eigenvalue weighted by Gasteiger charge is 2.20. The van der Waals surface area contributed by atoms with Gasteiger partial charge in [0.15, 0.2) is 0 Å². The lowest BCUT2D eigenvalue weighted by atomic mass is 10.0. The molecule has 0 aliphatic rings. The molecule has 11 nitrogen and oxygen atoms in total. The van der Waals surface area contributed by atoms with Crippen LogP contribution in [0.3, 0.4) is 0 Å². The first-order valence-corrected chi connectivity index (χ1v) is 15.7. The molecule has 0 aliphatic carbocycles. The number of hydrogen-bond acceptors (Lipinski definition) is 9. The Morgan fingerprint density at radius 1 is 0.978 bits per heavy atom. The number of unbranched alkanes of at least 4 members (excludes halogenated alkanes) is 1. The highest BCUT2D eigenvalue weighted by molar-refractivity contribution is 7.15. The van der Waals surface area contributed by atoms with Crippen LogP contribution < -0.4 is 27.4 Å². The van der Waals surface area contributed by atoms with Gasteiger partial charge in [0.2, 0.25) is 16.9 Å². The molecule has 0 saturated heterocycles. The molecule has 0 fully saturated rings. The number of ether oxygens (including phenoxy) is 1. The maximum atomic E-state index is 14.5. The third-order valence-electron chi connectivity index (χ3n) is 6.41. The molecule has 2 aromatic carbocycles. The standard InChI is InChI=1S/C33H42FN7O4S/c1-21(37-32(44)45-33(2,3)4)25-18-23(14-16-26(25)34)20-28(42)38-27(36)17-15-24(35)12-8-9-13-30-40-41-31(46-30)39-29(43)19-22-10-6-5-7-11-22/h5-7,10-11,14-18,21H,8-9,12-13,19-20,35-36H2,1-4H3,(H,37,44)(H,38,42)(H,39,41,43)/b24-15-,27-17+. The van der Waals surface area contributed by atoms with E-state index in [2.05, 4.69) is 26.1 Å². The minimum absolute atomic E-state index is 0.0514. The van der Waals surface area contributed by atoms with Crippen molar-refractivity contribution in [1.82, 2.24) is 20.8 Å². The quantitative estimate of drug-likeness (QED) is 0.117. The van der Waals surface area contributed by atoms with Crippen molar-refractivity contribution >= 4 is 34.4 Å². The number of aromatic nitrogens is 2. The summed E-state index contributed by atoms with van der Waals surface area (Å²) in [6.45, 7) is 6.84.